The molecule has 22 heavy (non-hydrogen) atoms. The summed E-state index contributed by atoms with van der Waals surface area (Å²) in [5.74, 6) is 1.66. The zero-order valence-electron chi connectivity index (χ0n) is 11.7. The van der Waals surface area contributed by atoms with Gasteiger partial charge in [0.1, 0.15) is 12.1 Å². The molecule has 0 fully saturated rings. The molecule has 0 N–H and O–H groups in total. The number of benzene rings is 2. The van der Waals surface area contributed by atoms with Crippen molar-refractivity contribution in [2.24, 2.45) is 0 Å². The molecule has 2 aromatic carbocycles. The zero-order chi connectivity index (χ0) is 15.2. The number of hydrogen-bond acceptors (Lipinski definition) is 4. The number of nitrogens with zero attached hydrogens (tertiary/aromatic N) is 3. The summed E-state index contributed by atoms with van der Waals surface area (Å²) in [5.41, 5.74) is 1.06. The van der Waals surface area contributed by atoms with Gasteiger partial charge in [-0.15, -0.1) is 10.2 Å². The Labute approximate surface area is 141 Å². The Balaban J connectivity index is 1.56. The molecule has 0 aliphatic rings. The van der Waals surface area contributed by atoms with Crippen molar-refractivity contribution in [2.45, 2.75) is 5.16 Å². The van der Waals surface area contributed by atoms with Gasteiger partial charge in [0, 0.05) is 15.9 Å². The van der Waals surface area contributed by atoms with Crippen LogP contribution in [0.15, 0.2) is 70.6 Å². The van der Waals surface area contributed by atoms with Gasteiger partial charge in [0.05, 0.1) is 6.61 Å². The Kier molecular flexibility index (Phi) is 5.13. The average molecular weight is 376 g/mol. The molecule has 0 aliphatic heterocycles. The average Bonchev–Trinajstić information content (AvgIpc) is 3.01. The lowest BCUT2D eigenvalue weighted by Crippen LogP contribution is -2.02. The molecule has 0 amide bonds. The van der Waals surface area contributed by atoms with Crippen LogP contribution in [-0.4, -0.2) is 27.1 Å². The summed E-state index contributed by atoms with van der Waals surface area (Å²) in [4.78, 5) is 0. The van der Waals surface area contributed by atoms with E-state index in [9.17, 15) is 0 Å². The van der Waals surface area contributed by atoms with E-state index in [1.54, 1.807) is 18.1 Å². The number of para-hydroxylation sites is 1. The molecule has 0 spiro atoms. The molecule has 0 bridgehead atoms. The summed E-state index contributed by atoms with van der Waals surface area (Å²) >= 11 is 5.06. The molecule has 3 aromatic rings. The first kappa shape index (κ1) is 15.1. The molecule has 0 atom stereocenters. The lowest BCUT2D eigenvalue weighted by atomic mass is 10.3. The molecule has 0 saturated carbocycles. The predicted octanol–water partition coefficient (Wildman–Crippen LogP) is 4.20. The Morgan fingerprint density at radius 1 is 1.09 bits per heavy atom. The molecule has 0 saturated heterocycles. The SMILES string of the molecule is Brc1cccc(OCCSc2nncn2-c2ccccc2)c1. The van der Waals surface area contributed by atoms with Crippen molar-refractivity contribution >= 4 is 27.7 Å². The summed E-state index contributed by atoms with van der Waals surface area (Å²) in [5, 5.41) is 9.02. The van der Waals surface area contributed by atoms with Crippen LogP contribution in [-0.2, 0) is 0 Å². The smallest absolute Gasteiger partial charge is 0.195 e. The van der Waals surface area contributed by atoms with Crippen LogP contribution in [0, 0.1) is 0 Å². The fourth-order valence-corrected chi connectivity index (χ4v) is 3.06. The van der Waals surface area contributed by atoms with Gasteiger partial charge in [-0.05, 0) is 30.3 Å². The van der Waals surface area contributed by atoms with Gasteiger partial charge in [-0.1, -0.05) is 52.0 Å². The summed E-state index contributed by atoms with van der Waals surface area (Å²) in [6.45, 7) is 0.614. The topological polar surface area (TPSA) is 39.9 Å². The van der Waals surface area contributed by atoms with E-state index in [2.05, 4.69) is 26.1 Å². The number of ether oxygens (including phenoxy) is 1. The first-order valence-electron chi connectivity index (χ1n) is 6.79. The first-order valence-corrected chi connectivity index (χ1v) is 8.57. The summed E-state index contributed by atoms with van der Waals surface area (Å²) in [6.07, 6.45) is 1.73. The standard InChI is InChI=1S/C16H14BrN3OS/c17-13-5-4-8-15(11-13)21-9-10-22-16-19-18-12-20(16)14-6-2-1-3-7-14/h1-8,11-12H,9-10H2. The van der Waals surface area contributed by atoms with Crippen LogP contribution < -0.4 is 4.74 Å². The Hall–Kier alpha value is -1.79. The minimum absolute atomic E-state index is 0.614. The van der Waals surface area contributed by atoms with E-state index in [1.165, 1.54) is 0 Å². The van der Waals surface area contributed by atoms with Gasteiger partial charge in [0.15, 0.2) is 5.16 Å². The maximum Gasteiger partial charge on any atom is 0.195 e. The monoisotopic (exact) mass is 375 g/mol. The third kappa shape index (κ3) is 3.90. The van der Waals surface area contributed by atoms with Crippen molar-refractivity contribution in [3.05, 3.63) is 65.4 Å². The highest BCUT2D eigenvalue weighted by Gasteiger charge is 2.06. The maximum atomic E-state index is 5.72. The van der Waals surface area contributed by atoms with Crippen LogP contribution in [0.4, 0.5) is 0 Å². The van der Waals surface area contributed by atoms with Crippen molar-refractivity contribution in [1.29, 1.82) is 0 Å². The van der Waals surface area contributed by atoms with Gasteiger partial charge >= 0.3 is 0 Å². The van der Waals surface area contributed by atoms with Crippen LogP contribution in [0.2, 0.25) is 0 Å². The summed E-state index contributed by atoms with van der Waals surface area (Å²) < 4.78 is 8.71. The van der Waals surface area contributed by atoms with E-state index in [0.29, 0.717) is 6.61 Å². The quantitative estimate of drug-likeness (QED) is 0.478. The molecule has 3 rings (SSSR count). The van der Waals surface area contributed by atoms with Crippen molar-refractivity contribution in [2.75, 3.05) is 12.4 Å². The van der Waals surface area contributed by atoms with E-state index in [4.69, 9.17) is 4.74 Å². The molecular weight excluding hydrogens is 362 g/mol. The number of rotatable bonds is 6. The van der Waals surface area contributed by atoms with E-state index in [-0.39, 0.29) is 0 Å². The van der Waals surface area contributed by atoms with E-state index in [0.717, 1.165) is 26.8 Å². The van der Waals surface area contributed by atoms with Crippen LogP contribution in [0.3, 0.4) is 0 Å². The molecule has 0 radical (unpaired) electrons. The molecule has 1 aromatic heterocycles. The summed E-state index contributed by atoms with van der Waals surface area (Å²) in [7, 11) is 0. The highest BCUT2D eigenvalue weighted by atomic mass is 79.9. The Morgan fingerprint density at radius 3 is 2.77 bits per heavy atom. The predicted molar refractivity (Wildman–Crippen MR) is 91.7 cm³/mol. The van der Waals surface area contributed by atoms with E-state index < -0.39 is 0 Å². The van der Waals surface area contributed by atoms with Crippen LogP contribution >= 0.6 is 27.7 Å². The number of hydrogen-bond donors (Lipinski definition) is 0. The van der Waals surface area contributed by atoms with Crippen LogP contribution in [0.5, 0.6) is 5.75 Å². The minimum atomic E-state index is 0.614. The van der Waals surface area contributed by atoms with Crippen LogP contribution in [0.25, 0.3) is 5.69 Å². The number of halogens is 1. The largest absolute Gasteiger partial charge is 0.493 e. The van der Waals surface area contributed by atoms with Crippen LogP contribution in [0.1, 0.15) is 0 Å². The lowest BCUT2D eigenvalue weighted by Gasteiger charge is -2.07. The van der Waals surface area contributed by atoms with Crippen molar-refractivity contribution in [1.82, 2.24) is 14.8 Å². The molecule has 0 unspecified atom stereocenters. The lowest BCUT2D eigenvalue weighted by molar-refractivity contribution is 0.343. The highest BCUT2D eigenvalue weighted by Crippen LogP contribution is 2.21. The van der Waals surface area contributed by atoms with Gasteiger partial charge in [0.25, 0.3) is 0 Å². The van der Waals surface area contributed by atoms with Gasteiger partial charge in [-0.3, -0.25) is 4.57 Å². The molecule has 4 nitrogen and oxygen atoms in total. The zero-order valence-corrected chi connectivity index (χ0v) is 14.1. The van der Waals surface area contributed by atoms with E-state index >= 15 is 0 Å². The first-order chi connectivity index (χ1) is 10.8. The highest BCUT2D eigenvalue weighted by molar-refractivity contribution is 9.10. The second-order valence-corrected chi connectivity index (χ2v) is 6.45. The minimum Gasteiger partial charge on any atom is -0.493 e. The van der Waals surface area contributed by atoms with Gasteiger partial charge in [-0.25, -0.2) is 0 Å². The second kappa shape index (κ2) is 7.47. The van der Waals surface area contributed by atoms with Gasteiger partial charge < -0.3 is 4.74 Å². The fraction of sp³-hybridized carbons (Fsp3) is 0.125. The van der Waals surface area contributed by atoms with E-state index in [1.807, 2.05) is 59.2 Å². The summed E-state index contributed by atoms with van der Waals surface area (Å²) in [6, 6.07) is 17.9. The number of aromatic nitrogens is 3. The molecule has 1 heterocycles. The third-order valence-corrected chi connectivity index (χ3v) is 4.33. The van der Waals surface area contributed by atoms with Gasteiger partial charge in [0.2, 0.25) is 0 Å². The molecule has 6 heteroatoms. The Bertz CT molecular complexity index is 733. The molecule has 112 valence electrons. The Morgan fingerprint density at radius 2 is 1.95 bits per heavy atom. The van der Waals surface area contributed by atoms with Crippen molar-refractivity contribution in [3.63, 3.8) is 0 Å². The van der Waals surface area contributed by atoms with Gasteiger partial charge in [-0.2, -0.15) is 0 Å². The number of thioether (sulfide) groups is 1. The molecular formula is C16H14BrN3OS. The van der Waals surface area contributed by atoms with Crippen molar-refractivity contribution < 1.29 is 4.74 Å². The normalized spacial score (nSPS) is 10.6. The maximum absolute atomic E-state index is 5.72. The molecule has 0 aliphatic carbocycles. The van der Waals surface area contributed by atoms with Crippen molar-refractivity contribution in [3.8, 4) is 11.4 Å². The second-order valence-electron chi connectivity index (χ2n) is 4.47. The third-order valence-electron chi connectivity index (χ3n) is 2.93. The fourth-order valence-electron chi connectivity index (χ4n) is 1.94.